The maximum absolute atomic E-state index is 13.5. The summed E-state index contributed by atoms with van der Waals surface area (Å²) in [5, 5.41) is 13.2. The molecule has 0 unspecified atom stereocenters. The topological polar surface area (TPSA) is 76.1 Å². The van der Waals surface area contributed by atoms with E-state index in [4.69, 9.17) is 4.74 Å². The molecule has 0 spiro atoms. The number of amides is 1. The lowest BCUT2D eigenvalue weighted by atomic mass is 10.3. The molecule has 7 heteroatoms. The molecule has 22 heavy (non-hydrogen) atoms. The van der Waals surface area contributed by atoms with Crippen LogP contribution in [0.25, 0.3) is 0 Å². The average Bonchev–Trinajstić information content (AvgIpc) is 2.54. The predicted molar refractivity (Wildman–Crippen MR) is 81.4 cm³/mol. The minimum absolute atomic E-state index is 0.107. The zero-order valence-corrected chi connectivity index (χ0v) is 12.2. The molecule has 0 radical (unpaired) electrons. The highest BCUT2D eigenvalue weighted by molar-refractivity contribution is 6.02. The first-order valence-electron chi connectivity index (χ1n) is 6.83. The SMILES string of the molecule is COCCCNc1ccc(C(=O)Nc2ccccc2F)nn1. The van der Waals surface area contributed by atoms with Crippen molar-refractivity contribution in [2.24, 2.45) is 0 Å². The minimum atomic E-state index is -0.511. The lowest BCUT2D eigenvalue weighted by molar-refractivity contribution is 0.102. The van der Waals surface area contributed by atoms with Crippen molar-refractivity contribution in [2.45, 2.75) is 6.42 Å². The van der Waals surface area contributed by atoms with Gasteiger partial charge in [-0.1, -0.05) is 12.1 Å². The molecule has 2 rings (SSSR count). The van der Waals surface area contributed by atoms with Crippen molar-refractivity contribution in [1.82, 2.24) is 10.2 Å². The molecule has 116 valence electrons. The van der Waals surface area contributed by atoms with E-state index < -0.39 is 11.7 Å². The molecule has 2 aromatic rings. The Hall–Kier alpha value is -2.54. The smallest absolute Gasteiger partial charge is 0.276 e. The molecule has 0 saturated heterocycles. The number of aromatic nitrogens is 2. The quantitative estimate of drug-likeness (QED) is 0.768. The molecule has 0 aliphatic heterocycles. The first kappa shape index (κ1) is 15.8. The van der Waals surface area contributed by atoms with Crippen LogP contribution in [0.3, 0.4) is 0 Å². The van der Waals surface area contributed by atoms with Crippen LogP contribution in [0.5, 0.6) is 0 Å². The van der Waals surface area contributed by atoms with Gasteiger partial charge in [0.15, 0.2) is 5.69 Å². The Morgan fingerprint density at radius 1 is 1.23 bits per heavy atom. The maximum atomic E-state index is 13.5. The summed E-state index contributed by atoms with van der Waals surface area (Å²) >= 11 is 0. The molecule has 1 heterocycles. The number of carbonyl (C=O) groups excluding carboxylic acids is 1. The Balaban J connectivity index is 1.92. The van der Waals surface area contributed by atoms with Gasteiger partial charge in [0.05, 0.1) is 5.69 Å². The number of anilines is 2. The summed E-state index contributed by atoms with van der Waals surface area (Å²) in [6.45, 7) is 1.35. The fourth-order valence-electron chi connectivity index (χ4n) is 1.73. The molecule has 2 N–H and O–H groups in total. The lowest BCUT2D eigenvalue weighted by Gasteiger charge is -2.07. The Bertz CT molecular complexity index is 619. The maximum Gasteiger partial charge on any atom is 0.276 e. The minimum Gasteiger partial charge on any atom is -0.385 e. The first-order chi connectivity index (χ1) is 10.7. The van der Waals surface area contributed by atoms with Crippen LogP contribution < -0.4 is 10.6 Å². The van der Waals surface area contributed by atoms with Gasteiger partial charge in [-0.05, 0) is 30.7 Å². The first-order valence-corrected chi connectivity index (χ1v) is 6.83. The number of nitrogens with one attached hydrogen (secondary N) is 2. The Labute approximate surface area is 127 Å². The third-order valence-electron chi connectivity index (χ3n) is 2.85. The molecule has 1 aromatic carbocycles. The zero-order valence-electron chi connectivity index (χ0n) is 12.2. The van der Waals surface area contributed by atoms with E-state index >= 15 is 0 Å². The van der Waals surface area contributed by atoms with E-state index in [2.05, 4.69) is 20.8 Å². The third-order valence-corrected chi connectivity index (χ3v) is 2.85. The summed E-state index contributed by atoms with van der Waals surface area (Å²) in [4.78, 5) is 12.0. The number of rotatable bonds is 7. The molecule has 0 bridgehead atoms. The van der Waals surface area contributed by atoms with Gasteiger partial charge >= 0.3 is 0 Å². The number of carbonyl (C=O) groups is 1. The molecule has 0 saturated carbocycles. The van der Waals surface area contributed by atoms with Crippen molar-refractivity contribution < 1.29 is 13.9 Å². The summed E-state index contributed by atoms with van der Waals surface area (Å²) in [7, 11) is 1.64. The van der Waals surface area contributed by atoms with Crippen molar-refractivity contribution in [3.8, 4) is 0 Å². The van der Waals surface area contributed by atoms with Gasteiger partial charge in [0.1, 0.15) is 11.6 Å². The van der Waals surface area contributed by atoms with Gasteiger partial charge in [0, 0.05) is 20.3 Å². The van der Waals surface area contributed by atoms with Crippen molar-refractivity contribution >= 4 is 17.4 Å². The van der Waals surface area contributed by atoms with E-state index in [1.54, 1.807) is 25.3 Å². The fraction of sp³-hybridized carbons (Fsp3) is 0.267. The Morgan fingerprint density at radius 2 is 2.05 bits per heavy atom. The molecule has 0 aliphatic carbocycles. The van der Waals surface area contributed by atoms with E-state index in [0.29, 0.717) is 19.0 Å². The van der Waals surface area contributed by atoms with Gasteiger partial charge < -0.3 is 15.4 Å². The summed E-state index contributed by atoms with van der Waals surface area (Å²) < 4.78 is 18.4. The number of benzene rings is 1. The van der Waals surface area contributed by atoms with Crippen LogP contribution in [0.2, 0.25) is 0 Å². The van der Waals surface area contributed by atoms with Crippen LogP contribution >= 0.6 is 0 Å². The van der Waals surface area contributed by atoms with E-state index in [9.17, 15) is 9.18 Å². The van der Waals surface area contributed by atoms with E-state index in [1.165, 1.54) is 18.2 Å². The van der Waals surface area contributed by atoms with Gasteiger partial charge in [0.2, 0.25) is 0 Å². The molecule has 1 aromatic heterocycles. The largest absolute Gasteiger partial charge is 0.385 e. The predicted octanol–water partition coefficient (Wildman–Crippen LogP) is 2.32. The van der Waals surface area contributed by atoms with Gasteiger partial charge in [-0.25, -0.2) is 4.39 Å². The highest BCUT2D eigenvalue weighted by atomic mass is 19.1. The second kappa shape index (κ2) is 8.04. The van der Waals surface area contributed by atoms with Crippen LogP contribution in [0.4, 0.5) is 15.9 Å². The van der Waals surface area contributed by atoms with Crippen molar-refractivity contribution in [3.63, 3.8) is 0 Å². The van der Waals surface area contributed by atoms with E-state index in [-0.39, 0.29) is 11.4 Å². The molecule has 0 aliphatic rings. The van der Waals surface area contributed by atoms with Crippen LogP contribution in [0.1, 0.15) is 16.9 Å². The summed E-state index contributed by atoms with van der Waals surface area (Å²) in [6, 6.07) is 9.12. The highest BCUT2D eigenvalue weighted by Crippen LogP contribution is 2.13. The van der Waals surface area contributed by atoms with Crippen molar-refractivity contribution in [3.05, 3.63) is 47.9 Å². The second-order valence-electron chi connectivity index (χ2n) is 4.51. The number of hydrogen-bond donors (Lipinski definition) is 2. The monoisotopic (exact) mass is 304 g/mol. The fourth-order valence-corrected chi connectivity index (χ4v) is 1.73. The van der Waals surface area contributed by atoms with Crippen LogP contribution in [0.15, 0.2) is 36.4 Å². The normalized spacial score (nSPS) is 10.3. The molecular weight excluding hydrogens is 287 g/mol. The van der Waals surface area contributed by atoms with Crippen LogP contribution in [-0.4, -0.2) is 36.4 Å². The molecule has 0 atom stereocenters. The Morgan fingerprint density at radius 3 is 2.73 bits per heavy atom. The molecular formula is C15H17FN4O2. The molecule has 6 nitrogen and oxygen atoms in total. The number of ether oxygens (including phenoxy) is 1. The van der Waals surface area contributed by atoms with Crippen molar-refractivity contribution in [2.75, 3.05) is 30.9 Å². The van der Waals surface area contributed by atoms with E-state index in [0.717, 1.165) is 6.42 Å². The summed E-state index contributed by atoms with van der Waals surface area (Å²) in [5.41, 5.74) is 0.224. The number of para-hydroxylation sites is 1. The van der Waals surface area contributed by atoms with Crippen molar-refractivity contribution in [1.29, 1.82) is 0 Å². The van der Waals surface area contributed by atoms with Crippen LogP contribution in [0, 0.1) is 5.82 Å². The number of methoxy groups -OCH3 is 1. The standard InChI is InChI=1S/C15H17FN4O2/c1-22-10-4-9-17-14-8-7-13(19-20-14)15(21)18-12-6-3-2-5-11(12)16/h2-3,5-8H,4,9-10H2,1H3,(H,17,20)(H,18,21). The Kier molecular flexibility index (Phi) is 5.79. The van der Waals surface area contributed by atoms with Crippen LogP contribution in [-0.2, 0) is 4.74 Å². The molecule has 1 amide bonds. The number of halogens is 1. The average molecular weight is 304 g/mol. The summed E-state index contributed by atoms with van der Waals surface area (Å²) in [6.07, 6.45) is 0.841. The van der Waals surface area contributed by atoms with Gasteiger partial charge in [-0.3, -0.25) is 4.79 Å². The molecule has 0 fully saturated rings. The van der Waals surface area contributed by atoms with Gasteiger partial charge in [-0.2, -0.15) is 0 Å². The number of nitrogens with zero attached hydrogens (tertiary/aromatic N) is 2. The second-order valence-corrected chi connectivity index (χ2v) is 4.51. The third kappa shape index (κ3) is 4.49. The highest BCUT2D eigenvalue weighted by Gasteiger charge is 2.10. The lowest BCUT2D eigenvalue weighted by Crippen LogP contribution is -2.16. The number of hydrogen-bond acceptors (Lipinski definition) is 5. The summed E-state index contributed by atoms with van der Waals surface area (Å²) in [5.74, 6) is -0.442. The van der Waals surface area contributed by atoms with Gasteiger partial charge in [0.25, 0.3) is 5.91 Å². The van der Waals surface area contributed by atoms with Gasteiger partial charge in [-0.15, -0.1) is 10.2 Å². The van der Waals surface area contributed by atoms with E-state index in [1.807, 2.05) is 0 Å². The zero-order chi connectivity index (χ0) is 15.8.